The number of nitrogens with zero attached hydrogens (tertiary/aromatic N) is 2. The smallest absolute Gasteiger partial charge is 0.0378 e. The van der Waals surface area contributed by atoms with Crippen molar-refractivity contribution in [1.82, 2.24) is 4.90 Å². The van der Waals surface area contributed by atoms with Crippen molar-refractivity contribution in [2.24, 2.45) is 5.73 Å². The standard InChI is InChI=1S/C16H24BrN3/c1-12(18)15-6-5-13(10-16(15)17)20-9-8-19-7-3-2-4-14(19)11-20/h5-6,10,12,14H,2-4,7-9,11,18H2,1H3/t12-,14?/m0/s1. The van der Waals surface area contributed by atoms with Crippen LogP contribution in [0.5, 0.6) is 0 Å². The molecule has 0 spiro atoms. The van der Waals surface area contributed by atoms with Gasteiger partial charge in [0.2, 0.25) is 0 Å². The van der Waals surface area contributed by atoms with Gasteiger partial charge in [-0.2, -0.15) is 0 Å². The van der Waals surface area contributed by atoms with Crippen molar-refractivity contribution in [3.05, 3.63) is 28.2 Å². The van der Waals surface area contributed by atoms with Crippen LogP contribution in [0, 0.1) is 0 Å². The second-order valence-corrected chi connectivity index (χ2v) is 6.98. The molecule has 0 saturated carbocycles. The van der Waals surface area contributed by atoms with E-state index in [1.54, 1.807) is 0 Å². The van der Waals surface area contributed by atoms with Crippen molar-refractivity contribution in [1.29, 1.82) is 0 Å². The van der Waals surface area contributed by atoms with Gasteiger partial charge in [0.1, 0.15) is 0 Å². The Kier molecular flexibility index (Phi) is 4.34. The minimum atomic E-state index is 0.0774. The third kappa shape index (κ3) is 2.87. The minimum absolute atomic E-state index is 0.0774. The highest BCUT2D eigenvalue weighted by Gasteiger charge is 2.29. The van der Waals surface area contributed by atoms with Gasteiger partial charge in [-0.3, -0.25) is 4.90 Å². The largest absolute Gasteiger partial charge is 0.369 e. The number of benzene rings is 1. The first kappa shape index (κ1) is 14.4. The Morgan fingerprint density at radius 3 is 2.85 bits per heavy atom. The Morgan fingerprint density at radius 1 is 1.25 bits per heavy atom. The topological polar surface area (TPSA) is 32.5 Å². The molecule has 2 aliphatic rings. The minimum Gasteiger partial charge on any atom is -0.369 e. The molecule has 2 N–H and O–H groups in total. The quantitative estimate of drug-likeness (QED) is 0.899. The summed E-state index contributed by atoms with van der Waals surface area (Å²) in [6.45, 7) is 6.84. The summed E-state index contributed by atoms with van der Waals surface area (Å²) in [5, 5.41) is 0. The maximum absolute atomic E-state index is 5.98. The Morgan fingerprint density at radius 2 is 2.10 bits per heavy atom. The Hall–Kier alpha value is -0.580. The summed E-state index contributed by atoms with van der Waals surface area (Å²) in [6.07, 6.45) is 4.13. The number of piperazine rings is 1. The molecule has 3 rings (SSSR count). The normalized spacial score (nSPS) is 25.4. The first-order chi connectivity index (χ1) is 9.65. The van der Waals surface area contributed by atoms with E-state index in [1.165, 1.54) is 50.1 Å². The van der Waals surface area contributed by atoms with Crippen molar-refractivity contribution in [3.8, 4) is 0 Å². The van der Waals surface area contributed by atoms with Crippen LogP contribution in [-0.4, -0.2) is 37.1 Å². The maximum Gasteiger partial charge on any atom is 0.0378 e. The second kappa shape index (κ2) is 6.04. The molecule has 2 atom stereocenters. The monoisotopic (exact) mass is 337 g/mol. The van der Waals surface area contributed by atoms with Crippen molar-refractivity contribution in [3.63, 3.8) is 0 Å². The fourth-order valence-corrected chi connectivity index (χ4v) is 4.20. The van der Waals surface area contributed by atoms with Gasteiger partial charge in [0.05, 0.1) is 0 Å². The molecular formula is C16H24BrN3. The van der Waals surface area contributed by atoms with Crippen LogP contribution in [0.25, 0.3) is 0 Å². The van der Waals surface area contributed by atoms with Gasteiger partial charge in [0.25, 0.3) is 0 Å². The molecule has 1 aromatic carbocycles. The number of halogens is 1. The molecule has 0 aliphatic carbocycles. The number of piperidine rings is 1. The van der Waals surface area contributed by atoms with Crippen LogP contribution in [0.4, 0.5) is 5.69 Å². The molecule has 2 aliphatic heterocycles. The van der Waals surface area contributed by atoms with E-state index in [9.17, 15) is 0 Å². The van der Waals surface area contributed by atoms with Gasteiger partial charge >= 0.3 is 0 Å². The number of hydrogen-bond acceptors (Lipinski definition) is 3. The number of fused-ring (bicyclic) bond motifs is 1. The first-order valence-electron chi connectivity index (χ1n) is 7.69. The lowest BCUT2D eigenvalue weighted by molar-refractivity contribution is 0.133. The molecule has 20 heavy (non-hydrogen) atoms. The van der Waals surface area contributed by atoms with Gasteiger partial charge in [0.15, 0.2) is 0 Å². The summed E-state index contributed by atoms with van der Waals surface area (Å²) < 4.78 is 1.14. The molecule has 2 heterocycles. The highest BCUT2D eigenvalue weighted by molar-refractivity contribution is 9.10. The van der Waals surface area contributed by atoms with Crippen molar-refractivity contribution in [2.75, 3.05) is 31.1 Å². The van der Waals surface area contributed by atoms with Crippen molar-refractivity contribution < 1.29 is 0 Å². The number of rotatable bonds is 2. The number of nitrogens with two attached hydrogens (primary N) is 1. The van der Waals surface area contributed by atoms with Crippen LogP contribution in [0.1, 0.15) is 37.8 Å². The molecule has 3 nitrogen and oxygen atoms in total. The summed E-state index contributed by atoms with van der Waals surface area (Å²) in [5.41, 5.74) is 8.49. The van der Waals surface area contributed by atoms with E-state index < -0.39 is 0 Å². The van der Waals surface area contributed by atoms with E-state index in [1.807, 2.05) is 6.92 Å². The maximum atomic E-state index is 5.98. The Bertz CT molecular complexity index is 475. The molecule has 4 heteroatoms. The SMILES string of the molecule is C[C@H](N)c1ccc(N2CCN3CCCCC3C2)cc1Br. The van der Waals surface area contributed by atoms with Gasteiger partial charge in [-0.1, -0.05) is 28.4 Å². The highest BCUT2D eigenvalue weighted by atomic mass is 79.9. The van der Waals surface area contributed by atoms with Gasteiger partial charge in [-0.15, -0.1) is 0 Å². The molecule has 1 aromatic rings. The van der Waals surface area contributed by atoms with Crippen LogP contribution in [-0.2, 0) is 0 Å². The van der Waals surface area contributed by atoms with Crippen LogP contribution in [0.3, 0.4) is 0 Å². The summed E-state index contributed by atoms with van der Waals surface area (Å²) in [7, 11) is 0. The van der Waals surface area contributed by atoms with E-state index in [-0.39, 0.29) is 6.04 Å². The zero-order valence-electron chi connectivity index (χ0n) is 12.2. The summed E-state index contributed by atoms with van der Waals surface area (Å²) in [6, 6.07) is 7.45. The van der Waals surface area contributed by atoms with Gasteiger partial charge in [-0.25, -0.2) is 0 Å². The predicted octanol–water partition coefficient (Wildman–Crippen LogP) is 3.14. The van der Waals surface area contributed by atoms with E-state index in [0.29, 0.717) is 0 Å². The summed E-state index contributed by atoms with van der Waals surface area (Å²) >= 11 is 3.67. The van der Waals surface area contributed by atoms with E-state index in [0.717, 1.165) is 17.1 Å². The van der Waals surface area contributed by atoms with Crippen LogP contribution >= 0.6 is 15.9 Å². The lowest BCUT2D eigenvalue weighted by Crippen LogP contribution is -2.54. The zero-order chi connectivity index (χ0) is 14.1. The zero-order valence-corrected chi connectivity index (χ0v) is 13.8. The third-order valence-electron chi connectivity index (χ3n) is 4.68. The lowest BCUT2D eigenvalue weighted by Gasteiger charge is -2.45. The highest BCUT2D eigenvalue weighted by Crippen LogP contribution is 2.30. The molecule has 0 bridgehead atoms. The van der Waals surface area contributed by atoms with E-state index >= 15 is 0 Å². The molecule has 0 radical (unpaired) electrons. The average molecular weight is 338 g/mol. The first-order valence-corrected chi connectivity index (χ1v) is 8.48. The predicted molar refractivity (Wildman–Crippen MR) is 88.2 cm³/mol. The average Bonchev–Trinajstić information content (AvgIpc) is 2.46. The molecule has 2 fully saturated rings. The molecule has 0 amide bonds. The molecule has 1 unspecified atom stereocenters. The van der Waals surface area contributed by atoms with E-state index in [2.05, 4.69) is 43.9 Å². The molecule has 110 valence electrons. The van der Waals surface area contributed by atoms with Crippen LogP contribution < -0.4 is 10.6 Å². The summed E-state index contributed by atoms with van der Waals surface area (Å²) in [4.78, 5) is 5.20. The number of hydrogen-bond donors (Lipinski definition) is 1. The van der Waals surface area contributed by atoms with Gasteiger partial charge in [0, 0.05) is 41.9 Å². The van der Waals surface area contributed by atoms with Crippen LogP contribution in [0.15, 0.2) is 22.7 Å². The summed E-state index contributed by atoms with van der Waals surface area (Å²) in [5.74, 6) is 0. The Labute approximate surface area is 130 Å². The van der Waals surface area contributed by atoms with Gasteiger partial charge in [-0.05, 0) is 44.0 Å². The van der Waals surface area contributed by atoms with Crippen molar-refractivity contribution >= 4 is 21.6 Å². The molecule has 2 saturated heterocycles. The third-order valence-corrected chi connectivity index (χ3v) is 5.36. The molecule has 0 aromatic heterocycles. The van der Waals surface area contributed by atoms with Gasteiger partial charge < -0.3 is 10.6 Å². The fourth-order valence-electron chi connectivity index (χ4n) is 3.47. The second-order valence-electron chi connectivity index (χ2n) is 6.13. The molecular weight excluding hydrogens is 314 g/mol. The fraction of sp³-hybridized carbons (Fsp3) is 0.625. The van der Waals surface area contributed by atoms with Crippen molar-refractivity contribution in [2.45, 2.75) is 38.3 Å². The lowest BCUT2D eigenvalue weighted by atomic mass is 9.99. The van der Waals surface area contributed by atoms with Crippen LogP contribution in [0.2, 0.25) is 0 Å². The Balaban J connectivity index is 1.75. The number of anilines is 1. The van der Waals surface area contributed by atoms with E-state index in [4.69, 9.17) is 5.73 Å².